The van der Waals surface area contributed by atoms with Crippen LogP contribution in [0.5, 0.6) is 0 Å². The lowest BCUT2D eigenvalue weighted by molar-refractivity contribution is -0.115. The van der Waals surface area contributed by atoms with Crippen molar-refractivity contribution in [1.29, 1.82) is 0 Å². The topological polar surface area (TPSA) is 26.3 Å². The van der Waals surface area contributed by atoms with E-state index in [0.717, 1.165) is 11.1 Å². The highest BCUT2D eigenvalue weighted by molar-refractivity contribution is 6.74. The van der Waals surface area contributed by atoms with E-state index in [9.17, 15) is 4.79 Å². The molecule has 1 rings (SSSR count). The fourth-order valence-corrected chi connectivity index (χ4v) is 3.19. The zero-order valence-corrected chi connectivity index (χ0v) is 13.4. The summed E-state index contributed by atoms with van der Waals surface area (Å²) in [6.45, 7) is 13.0. The van der Waals surface area contributed by atoms with E-state index in [4.69, 9.17) is 10.8 Å². The fraction of sp³-hybridized carbons (Fsp3) is 0.667. The van der Waals surface area contributed by atoms with Gasteiger partial charge in [-0.2, -0.15) is 0 Å². The van der Waals surface area contributed by atoms with Gasteiger partial charge in [-0.1, -0.05) is 20.8 Å². The summed E-state index contributed by atoms with van der Waals surface area (Å²) in [5.41, 5.74) is 1.84. The Morgan fingerprint density at radius 2 is 2.00 bits per heavy atom. The Kier molecular flexibility index (Phi) is 4.25. The molecule has 1 unspecified atom stereocenters. The van der Waals surface area contributed by atoms with Crippen molar-refractivity contribution in [3.8, 4) is 12.3 Å². The molecule has 0 bridgehead atoms. The number of carbonyl (C=O) groups is 1. The Labute approximate surface area is 112 Å². The van der Waals surface area contributed by atoms with Crippen LogP contribution in [0, 0.1) is 12.3 Å². The Balaban J connectivity index is 2.90. The van der Waals surface area contributed by atoms with Gasteiger partial charge in [0.2, 0.25) is 0 Å². The summed E-state index contributed by atoms with van der Waals surface area (Å²) in [7, 11) is -1.83. The molecule has 1 aliphatic carbocycles. The predicted molar refractivity (Wildman–Crippen MR) is 77.8 cm³/mol. The van der Waals surface area contributed by atoms with E-state index in [2.05, 4.69) is 39.8 Å². The zero-order valence-electron chi connectivity index (χ0n) is 12.4. The van der Waals surface area contributed by atoms with E-state index in [-0.39, 0.29) is 16.9 Å². The summed E-state index contributed by atoms with van der Waals surface area (Å²) in [5, 5.41) is 0.158. The molecule has 0 aromatic heterocycles. The highest BCUT2D eigenvalue weighted by Crippen LogP contribution is 2.40. The van der Waals surface area contributed by atoms with Gasteiger partial charge in [-0.15, -0.1) is 12.3 Å². The average Bonchev–Trinajstić information content (AvgIpc) is 2.44. The third-order valence-electron chi connectivity index (χ3n) is 4.19. The number of rotatable bonds is 3. The van der Waals surface area contributed by atoms with Crippen molar-refractivity contribution in [2.75, 3.05) is 0 Å². The lowest BCUT2D eigenvalue weighted by atomic mass is 10.1. The molecule has 0 saturated carbocycles. The van der Waals surface area contributed by atoms with Gasteiger partial charge >= 0.3 is 0 Å². The molecular weight excluding hydrogens is 240 g/mol. The van der Waals surface area contributed by atoms with Gasteiger partial charge < -0.3 is 4.43 Å². The minimum absolute atomic E-state index is 0.0539. The van der Waals surface area contributed by atoms with Crippen molar-refractivity contribution in [2.45, 2.75) is 64.8 Å². The Hall–Kier alpha value is -0.853. The Morgan fingerprint density at radius 3 is 2.44 bits per heavy atom. The third kappa shape index (κ3) is 2.93. The van der Waals surface area contributed by atoms with Crippen LogP contribution >= 0.6 is 0 Å². The first-order chi connectivity index (χ1) is 8.10. The fourth-order valence-electron chi connectivity index (χ4n) is 1.86. The number of Topliss-reactive ketones (excluding diaryl/α,β-unsaturated/α-hetero) is 1. The number of hydrogen-bond donors (Lipinski definition) is 0. The van der Waals surface area contributed by atoms with Gasteiger partial charge in [-0.25, -0.2) is 0 Å². The van der Waals surface area contributed by atoms with Crippen molar-refractivity contribution in [3.05, 3.63) is 11.1 Å². The van der Waals surface area contributed by atoms with Crippen LogP contribution < -0.4 is 0 Å². The maximum atomic E-state index is 11.9. The van der Waals surface area contributed by atoms with Crippen LogP contribution in [0.25, 0.3) is 0 Å². The third-order valence-corrected chi connectivity index (χ3v) is 8.67. The van der Waals surface area contributed by atoms with Crippen LogP contribution in [-0.2, 0) is 9.22 Å². The molecule has 0 N–H and O–H groups in total. The lowest BCUT2D eigenvalue weighted by Crippen LogP contribution is -2.43. The standard InChI is InChI=1S/C15H24O2Si/c1-8-9-12-11(2)14(10-13(12)16)17-18(6,7)15(3,4)5/h1,14H,9-10H2,2-7H3. The number of carbonyl (C=O) groups excluding carboxylic acids is 1. The van der Waals surface area contributed by atoms with Crippen LogP contribution in [0.3, 0.4) is 0 Å². The predicted octanol–water partition coefficient (Wildman–Crippen LogP) is 3.69. The van der Waals surface area contributed by atoms with E-state index in [0.29, 0.717) is 12.8 Å². The molecule has 0 amide bonds. The molecule has 18 heavy (non-hydrogen) atoms. The average molecular weight is 264 g/mol. The van der Waals surface area contributed by atoms with Gasteiger partial charge in [-0.05, 0) is 30.6 Å². The van der Waals surface area contributed by atoms with Gasteiger partial charge in [0.05, 0.1) is 6.10 Å². The lowest BCUT2D eigenvalue weighted by Gasteiger charge is -2.38. The van der Waals surface area contributed by atoms with Crippen molar-refractivity contribution in [2.24, 2.45) is 0 Å². The van der Waals surface area contributed by atoms with Gasteiger partial charge in [-0.3, -0.25) is 4.79 Å². The van der Waals surface area contributed by atoms with Crippen LogP contribution in [0.15, 0.2) is 11.1 Å². The maximum Gasteiger partial charge on any atom is 0.192 e. The van der Waals surface area contributed by atoms with Crippen LogP contribution in [0.2, 0.25) is 18.1 Å². The van der Waals surface area contributed by atoms with Crippen molar-refractivity contribution >= 4 is 14.1 Å². The summed E-state index contributed by atoms with van der Waals surface area (Å²) < 4.78 is 6.31. The quantitative estimate of drug-likeness (QED) is 0.574. The highest BCUT2D eigenvalue weighted by Gasteiger charge is 2.41. The number of allylic oxidation sites excluding steroid dienone is 1. The van der Waals surface area contributed by atoms with Crippen LogP contribution in [0.1, 0.15) is 40.5 Å². The maximum absolute atomic E-state index is 11.9. The van der Waals surface area contributed by atoms with Gasteiger partial charge in [0.25, 0.3) is 0 Å². The summed E-state index contributed by atoms with van der Waals surface area (Å²) in [5.74, 6) is 2.72. The highest BCUT2D eigenvalue weighted by atomic mass is 28.4. The number of hydrogen-bond acceptors (Lipinski definition) is 2. The molecule has 0 aromatic carbocycles. The van der Waals surface area contributed by atoms with Gasteiger partial charge in [0.1, 0.15) is 0 Å². The summed E-state index contributed by atoms with van der Waals surface area (Å²) in [6.07, 6.45) is 6.15. The molecule has 3 heteroatoms. The first kappa shape index (κ1) is 15.2. The SMILES string of the molecule is C#CCC1=C(C)C(O[Si](C)(C)C(C)(C)C)CC1=O. The molecule has 1 atom stereocenters. The van der Waals surface area contributed by atoms with Crippen LogP contribution in [0.4, 0.5) is 0 Å². The Bertz CT molecular complexity index is 419. The molecule has 1 aliphatic rings. The summed E-state index contributed by atoms with van der Waals surface area (Å²) >= 11 is 0. The van der Waals surface area contributed by atoms with E-state index in [1.807, 2.05) is 6.92 Å². The van der Waals surface area contributed by atoms with Crippen molar-refractivity contribution in [1.82, 2.24) is 0 Å². The number of terminal acetylenes is 1. The molecule has 0 spiro atoms. The molecule has 0 aromatic rings. The number of ketones is 1. The zero-order chi connectivity index (χ0) is 14.1. The monoisotopic (exact) mass is 264 g/mol. The van der Waals surface area contributed by atoms with E-state index >= 15 is 0 Å². The molecule has 0 radical (unpaired) electrons. The summed E-state index contributed by atoms with van der Waals surface area (Å²) in [4.78, 5) is 11.9. The van der Waals surface area contributed by atoms with Crippen molar-refractivity contribution in [3.63, 3.8) is 0 Å². The molecule has 0 saturated heterocycles. The van der Waals surface area contributed by atoms with Crippen LogP contribution in [-0.4, -0.2) is 20.2 Å². The van der Waals surface area contributed by atoms with E-state index in [1.165, 1.54) is 0 Å². The first-order valence-corrected chi connectivity index (χ1v) is 9.35. The second-order valence-corrected chi connectivity index (χ2v) is 11.3. The second kappa shape index (κ2) is 5.03. The van der Waals surface area contributed by atoms with Gasteiger partial charge in [0.15, 0.2) is 14.1 Å². The normalized spacial score (nSPS) is 21.4. The molecule has 0 aliphatic heterocycles. The Morgan fingerprint density at radius 1 is 1.44 bits per heavy atom. The second-order valence-electron chi connectivity index (χ2n) is 6.54. The van der Waals surface area contributed by atoms with E-state index in [1.54, 1.807) is 0 Å². The first-order valence-electron chi connectivity index (χ1n) is 6.44. The minimum Gasteiger partial charge on any atom is -0.410 e. The molecule has 0 fully saturated rings. The minimum atomic E-state index is -1.83. The van der Waals surface area contributed by atoms with Gasteiger partial charge in [0, 0.05) is 18.4 Å². The largest absolute Gasteiger partial charge is 0.410 e. The van der Waals surface area contributed by atoms with E-state index < -0.39 is 8.32 Å². The molecular formula is C15H24O2Si. The smallest absolute Gasteiger partial charge is 0.192 e. The molecule has 0 heterocycles. The molecule has 100 valence electrons. The molecule has 2 nitrogen and oxygen atoms in total. The van der Waals surface area contributed by atoms with Crippen molar-refractivity contribution < 1.29 is 9.22 Å². The summed E-state index contributed by atoms with van der Waals surface area (Å²) in [6, 6.07) is 0.